The van der Waals surface area contributed by atoms with E-state index < -0.39 is 17.8 Å². The van der Waals surface area contributed by atoms with Gasteiger partial charge in [-0.1, -0.05) is 6.08 Å². The maximum Gasteiger partial charge on any atom is 0.435 e. The lowest BCUT2D eigenvalue weighted by Crippen LogP contribution is -2.46. The minimum Gasteiger partial charge on any atom is -0.349 e. The van der Waals surface area contributed by atoms with Gasteiger partial charge in [-0.25, -0.2) is 9.78 Å². The highest BCUT2D eigenvalue weighted by molar-refractivity contribution is 6.03. The summed E-state index contributed by atoms with van der Waals surface area (Å²) in [7, 11) is 1.45. The van der Waals surface area contributed by atoms with Crippen molar-refractivity contribution in [3.63, 3.8) is 0 Å². The first-order chi connectivity index (χ1) is 21.4. The standard InChI is InChI=1S/C30H34F3N9O3/c1-4-9-42-15-22(25(39-42)30(31,32)33)23-12-35-26(40(23)3)28(44)36-17-5-6-19(16(2)10-17)27(43)38-24-20-13-41(14-21(20)24)29(45)37-18-7-8-34-11-18/h4-6,10,12,15,18,20-21,24,34H,1,7-9,11,13-14H2,2-3H3,(H,36,44)(H,37,45)(H,38,43)/t18-,20-,21+,24+/m0/s1. The molecule has 4 N–H and O–H groups in total. The van der Waals surface area contributed by atoms with Gasteiger partial charge in [0.2, 0.25) is 0 Å². The van der Waals surface area contributed by atoms with Crippen LogP contribution in [0.25, 0.3) is 11.3 Å². The largest absolute Gasteiger partial charge is 0.435 e. The van der Waals surface area contributed by atoms with Crippen LogP contribution in [-0.4, -0.2) is 80.3 Å². The Hall–Kier alpha value is -4.66. The van der Waals surface area contributed by atoms with E-state index in [9.17, 15) is 27.6 Å². The number of anilines is 1. The number of imidazole rings is 1. The Morgan fingerprint density at radius 3 is 2.56 bits per heavy atom. The van der Waals surface area contributed by atoms with E-state index in [1.54, 1.807) is 25.1 Å². The zero-order chi connectivity index (χ0) is 32.0. The van der Waals surface area contributed by atoms with E-state index in [1.807, 2.05) is 4.90 Å². The van der Waals surface area contributed by atoms with Gasteiger partial charge in [0.25, 0.3) is 11.8 Å². The third-order valence-electron chi connectivity index (χ3n) is 8.71. The summed E-state index contributed by atoms with van der Waals surface area (Å²) in [6, 6.07) is 4.96. The first kappa shape index (κ1) is 30.4. The maximum absolute atomic E-state index is 13.7. The molecule has 1 saturated carbocycles. The van der Waals surface area contributed by atoms with Gasteiger partial charge in [-0.05, 0) is 43.7 Å². The molecule has 0 unspecified atom stereocenters. The predicted molar refractivity (Wildman–Crippen MR) is 158 cm³/mol. The average Bonchev–Trinajstić information content (AvgIpc) is 3.59. The van der Waals surface area contributed by atoms with Crippen LogP contribution >= 0.6 is 0 Å². The van der Waals surface area contributed by atoms with Crippen molar-refractivity contribution in [2.75, 3.05) is 31.5 Å². The van der Waals surface area contributed by atoms with Gasteiger partial charge in [-0.2, -0.15) is 18.3 Å². The summed E-state index contributed by atoms with van der Waals surface area (Å²) >= 11 is 0. The number of benzene rings is 1. The van der Waals surface area contributed by atoms with Crippen LogP contribution in [0.5, 0.6) is 0 Å². The Kier molecular flexibility index (Phi) is 7.89. The Morgan fingerprint density at radius 2 is 1.91 bits per heavy atom. The lowest BCUT2D eigenvalue weighted by Gasteiger charge is -2.23. The number of fused-ring (bicyclic) bond motifs is 1. The van der Waals surface area contributed by atoms with E-state index in [0.29, 0.717) is 29.9 Å². The van der Waals surface area contributed by atoms with Gasteiger partial charge in [-0.3, -0.25) is 14.3 Å². The summed E-state index contributed by atoms with van der Waals surface area (Å²) in [5.74, 6) is -0.505. The Bertz CT molecular complexity index is 1650. The second-order valence-electron chi connectivity index (χ2n) is 11.8. The minimum absolute atomic E-state index is 0.00725. The number of hydrogen-bond donors (Lipinski definition) is 4. The van der Waals surface area contributed by atoms with Crippen molar-refractivity contribution in [2.24, 2.45) is 18.9 Å². The van der Waals surface area contributed by atoms with Gasteiger partial charge in [0.05, 0.1) is 24.0 Å². The Labute approximate surface area is 257 Å². The molecule has 1 aliphatic carbocycles. The molecule has 4 amide bonds. The quantitative estimate of drug-likeness (QED) is 0.284. The molecule has 238 valence electrons. The number of urea groups is 1. The SMILES string of the molecule is C=CCn1cc(-c2cnc(C(=O)Nc3ccc(C(=O)N[C@H]4[C@@H]5CN(C(=O)N[C@H]6CCNC6)C[C@@H]54)c(C)c3)n2C)c(C(F)(F)F)n1. The van der Waals surface area contributed by atoms with Crippen LogP contribution in [0.15, 0.2) is 43.2 Å². The maximum atomic E-state index is 13.7. The van der Waals surface area contributed by atoms with Gasteiger partial charge < -0.3 is 30.7 Å². The van der Waals surface area contributed by atoms with Gasteiger partial charge in [-0.15, -0.1) is 6.58 Å². The van der Waals surface area contributed by atoms with E-state index in [-0.39, 0.29) is 59.5 Å². The molecule has 2 saturated heterocycles. The predicted octanol–water partition coefficient (Wildman–Crippen LogP) is 2.78. The van der Waals surface area contributed by atoms with Gasteiger partial charge in [0, 0.05) is 68.0 Å². The summed E-state index contributed by atoms with van der Waals surface area (Å²) < 4.78 is 43.4. The Morgan fingerprint density at radius 1 is 1.16 bits per heavy atom. The number of halogens is 3. The van der Waals surface area contributed by atoms with E-state index >= 15 is 0 Å². The fourth-order valence-electron chi connectivity index (χ4n) is 6.28. The van der Waals surface area contributed by atoms with Crippen molar-refractivity contribution < 1.29 is 27.6 Å². The van der Waals surface area contributed by atoms with Crippen molar-refractivity contribution >= 4 is 23.5 Å². The number of carbonyl (C=O) groups is 3. The number of piperidine rings is 1. The number of nitrogens with one attached hydrogen (secondary N) is 4. The molecule has 6 rings (SSSR count). The van der Waals surface area contributed by atoms with Crippen LogP contribution in [0.1, 0.15) is 38.7 Å². The first-order valence-electron chi connectivity index (χ1n) is 14.7. The summed E-state index contributed by atoms with van der Waals surface area (Å²) in [6.07, 6.45) is 0.0872. The van der Waals surface area contributed by atoms with Crippen molar-refractivity contribution in [2.45, 2.75) is 38.1 Å². The molecule has 0 radical (unpaired) electrons. The van der Waals surface area contributed by atoms with E-state index in [1.165, 1.54) is 30.1 Å². The Balaban J connectivity index is 1.06. The average molecular weight is 626 g/mol. The number of rotatable bonds is 8. The summed E-state index contributed by atoms with van der Waals surface area (Å²) in [5, 5.41) is 15.7. The van der Waals surface area contributed by atoms with Crippen molar-refractivity contribution in [1.29, 1.82) is 0 Å². The molecule has 2 aliphatic heterocycles. The number of carbonyl (C=O) groups excluding carboxylic acids is 3. The molecule has 15 heteroatoms. The fourth-order valence-corrected chi connectivity index (χ4v) is 6.28. The number of allylic oxidation sites excluding steroid dienone is 1. The van der Waals surface area contributed by atoms with Crippen LogP contribution in [0, 0.1) is 18.8 Å². The molecule has 2 aromatic heterocycles. The topological polar surface area (TPSA) is 138 Å². The zero-order valence-electron chi connectivity index (χ0n) is 24.8. The van der Waals surface area contributed by atoms with Crippen molar-refractivity contribution in [3.8, 4) is 11.3 Å². The summed E-state index contributed by atoms with van der Waals surface area (Å²) in [5.41, 5.74) is 0.270. The molecule has 3 fully saturated rings. The molecule has 4 heterocycles. The lowest BCUT2D eigenvalue weighted by atomic mass is 10.1. The third kappa shape index (κ3) is 6.03. The molecule has 45 heavy (non-hydrogen) atoms. The molecule has 1 aromatic carbocycles. The second-order valence-corrected chi connectivity index (χ2v) is 11.8. The normalized spacial score (nSPS) is 22.2. The van der Waals surface area contributed by atoms with Crippen LogP contribution in [0.4, 0.5) is 23.7 Å². The fraction of sp³-hybridized carbons (Fsp3) is 0.433. The van der Waals surface area contributed by atoms with Crippen LogP contribution < -0.4 is 21.3 Å². The van der Waals surface area contributed by atoms with Crippen LogP contribution in [-0.2, 0) is 19.8 Å². The highest BCUT2D eigenvalue weighted by Gasteiger charge is 2.57. The van der Waals surface area contributed by atoms with Gasteiger partial charge in [0.15, 0.2) is 11.5 Å². The number of nitrogens with zero attached hydrogens (tertiary/aromatic N) is 5. The van der Waals surface area contributed by atoms with E-state index in [0.717, 1.165) is 24.2 Å². The van der Waals surface area contributed by atoms with Crippen molar-refractivity contribution in [1.82, 2.24) is 40.2 Å². The van der Waals surface area contributed by atoms with Crippen LogP contribution in [0.2, 0.25) is 0 Å². The molecule has 0 spiro atoms. The highest BCUT2D eigenvalue weighted by Crippen LogP contribution is 2.45. The minimum atomic E-state index is -4.71. The first-order valence-corrected chi connectivity index (χ1v) is 14.7. The number of likely N-dealkylation sites (tertiary alicyclic amines) is 1. The van der Waals surface area contributed by atoms with E-state index in [2.05, 4.69) is 37.9 Å². The smallest absolute Gasteiger partial charge is 0.349 e. The molecule has 12 nitrogen and oxygen atoms in total. The molecular weight excluding hydrogens is 591 g/mol. The monoisotopic (exact) mass is 625 g/mol. The van der Waals surface area contributed by atoms with E-state index in [4.69, 9.17) is 0 Å². The molecule has 3 aliphatic rings. The highest BCUT2D eigenvalue weighted by atomic mass is 19.4. The second kappa shape index (κ2) is 11.7. The number of aryl methyl sites for hydroxylation is 1. The number of hydrogen-bond acceptors (Lipinski definition) is 6. The number of amides is 4. The van der Waals surface area contributed by atoms with Crippen LogP contribution in [0.3, 0.4) is 0 Å². The molecule has 0 bridgehead atoms. The molecular formula is C30H34F3N9O3. The molecule has 3 aromatic rings. The third-order valence-corrected chi connectivity index (χ3v) is 8.71. The summed E-state index contributed by atoms with van der Waals surface area (Å²) in [4.78, 5) is 44.6. The number of aromatic nitrogens is 4. The van der Waals surface area contributed by atoms with Crippen molar-refractivity contribution in [3.05, 3.63) is 65.9 Å². The summed E-state index contributed by atoms with van der Waals surface area (Å²) in [6.45, 7) is 8.27. The van der Waals surface area contributed by atoms with Gasteiger partial charge in [0.1, 0.15) is 0 Å². The molecule has 4 atom stereocenters. The zero-order valence-corrected chi connectivity index (χ0v) is 24.8. The number of alkyl halides is 3. The lowest BCUT2D eigenvalue weighted by molar-refractivity contribution is -0.141. The van der Waals surface area contributed by atoms with Gasteiger partial charge >= 0.3 is 12.2 Å².